The SMILES string of the molecule is Cc1ccc(Oc2nccc(-c3c(-c4ccc(F)cc4)nc(N4CCCCC4)n3C(=O)OC(C)(C)C)n2)c(C)c1. The van der Waals surface area contributed by atoms with E-state index in [2.05, 4.69) is 9.88 Å². The number of imidazole rings is 1. The molecule has 0 atom stereocenters. The molecule has 0 aliphatic carbocycles. The second-order valence-electron chi connectivity index (χ2n) is 11.1. The van der Waals surface area contributed by atoms with E-state index < -0.39 is 11.7 Å². The maximum atomic E-state index is 13.9. The Labute approximate surface area is 233 Å². The summed E-state index contributed by atoms with van der Waals surface area (Å²) in [6, 6.07) is 13.7. The minimum absolute atomic E-state index is 0.131. The molecule has 0 radical (unpaired) electrons. The third-order valence-electron chi connectivity index (χ3n) is 6.60. The van der Waals surface area contributed by atoms with Crippen molar-refractivity contribution in [2.24, 2.45) is 0 Å². The molecule has 9 heteroatoms. The van der Waals surface area contributed by atoms with Crippen molar-refractivity contribution >= 4 is 12.0 Å². The number of halogens is 1. The van der Waals surface area contributed by atoms with Crippen LogP contribution in [-0.2, 0) is 4.74 Å². The van der Waals surface area contributed by atoms with E-state index >= 15 is 0 Å². The smallest absolute Gasteiger partial charge is 0.422 e. The van der Waals surface area contributed by atoms with Gasteiger partial charge in [0.2, 0.25) is 5.95 Å². The number of aromatic nitrogens is 4. The van der Waals surface area contributed by atoms with E-state index in [1.807, 2.05) is 52.8 Å². The summed E-state index contributed by atoms with van der Waals surface area (Å²) in [5, 5.41) is 0. The Bertz CT molecular complexity index is 1520. The maximum Gasteiger partial charge on any atom is 0.422 e. The molecule has 40 heavy (non-hydrogen) atoms. The van der Waals surface area contributed by atoms with Crippen molar-refractivity contribution in [1.29, 1.82) is 0 Å². The molecule has 8 nitrogen and oxygen atoms in total. The van der Waals surface area contributed by atoms with Gasteiger partial charge in [-0.1, -0.05) is 17.7 Å². The fraction of sp³-hybridized carbons (Fsp3) is 0.355. The molecule has 0 amide bonds. The summed E-state index contributed by atoms with van der Waals surface area (Å²) < 4.78 is 27.3. The number of rotatable bonds is 5. The lowest BCUT2D eigenvalue weighted by atomic mass is 10.1. The first-order valence-electron chi connectivity index (χ1n) is 13.5. The molecule has 3 heterocycles. The Morgan fingerprint density at radius 2 is 1.68 bits per heavy atom. The van der Waals surface area contributed by atoms with Crippen LogP contribution in [0.25, 0.3) is 22.6 Å². The molecule has 4 aromatic rings. The van der Waals surface area contributed by atoms with Crippen LogP contribution in [0, 0.1) is 19.7 Å². The molecule has 0 N–H and O–H groups in total. The van der Waals surface area contributed by atoms with Crippen molar-refractivity contribution in [2.75, 3.05) is 18.0 Å². The first-order valence-corrected chi connectivity index (χ1v) is 13.5. The van der Waals surface area contributed by atoms with Gasteiger partial charge in [0, 0.05) is 24.8 Å². The normalized spacial score (nSPS) is 13.8. The summed E-state index contributed by atoms with van der Waals surface area (Å²) in [4.78, 5) is 29.9. The lowest BCUT2D eigenvalue weighted by Crippen LogP contribution is -2.35. The summed E-state index contributed by atoms with van der Waals surface area (Å²) in [5.41, 5.74) is 3.32. The molecule has 2 aromatic carbocycles. The van der Waals surface area contributed by atoms with E-state index in [-0.39, 0.29) is 11.8 Å². The minimum atomic E-state index is -0.739. The van der Waals surface area contributed by atoms with Crippen LogP contribution in [-0.4, -0.2) is 44.3 Å². The largest absolute Gasteiger partial charge is 0.443 e. The van der Waals surface area contributed by atoms with Gasteiger partial charge in [-0.3, -0.25) is 0 Å². The van der Waals surface area contributed by atoms with Crippen LogP contribution >= 0.6 is 0 Å². The van der Waals surface area contributed by atoms with Gasteiger partial charge in [-0.05, 0) is 95.8 Å². The summed E-state index contributed by atoms with van der Waals surface area (Å²) in [5.74, 6) is 0.745. The van der Waals surface area contributed by atoms with Crippen LogP contribution in [0.5, 0.6) is 11.8 Å². The Morgan fingerprint density at radius 3 is 2.35 bits per heavy atom. The van der Waals surface area contributed by atoms with Gasteiger partial charge in [-0.15, -0.1) is 0 Å². The molecule has 1 aliphatic heterocycles. The molecular formula is C31H34FN5O3. The third-order valence-corrected chi connectivity index (χ3v) is 6.60. The summed E-state index contributed by atoms with van der Waals surface area (Å²) in [7, 11) is 0. The molecule has 1 aliphatic rings. The lowest BCUT2D eigenvalue weighted by Gasteiger charge is -2.29. The summed E-state index contributed by atoms with van der Waals surface area (Å²) >= 11 is 0. The van der Waals surface area contributed by atoms with E-state index in [9.17, 15) is 9.18 Å². The fourth-order valence-electron chi connectivity index (χ4n) is 4.77. The first kappa shape index (κ1) is 27.3. The minimum Gasteiger partial charge on any atom is -0.443 e. The van der Waals surface area contributed by atoms with Crippen LogP contribution in [0.1, 0.15) is 51.2 Å². The zero-order valence-electron chi connectivity index (χ0n) is 23.6. The number of carbonyl (C=O) groups excluding carboxylic acids is 1. The van der Waals surface area contributed by atoms with Crippen molar-refractivity contribution in [3.8, 4) is 34.4 Å². The summed E-state index contributed by atoms with van der Waals surface area (Å²) in [6.07, 6.45) is 4.11. The standard InChI is InChI=1S/C31H34FN5O3/c1-20-9-14-25(21(2)19-20)39-28-33-16-15-24(34-28)27-26(22-10-12-23(32)13-11-22)35-29(36-17-7-6-8-18-36)37(27)30(38)40-31(3,4)5/h9-16,19H,6-8,17-18H2,1-5H3. The van der Waals surface area contributed by atoms with Crippen molar-refractivity contribution < 1.29 is 18.7 Å². The Kier molecular flexibility index (Phi) is 7.56. The molecule has 5 rings (SSSR count). The van der Waals surface area contributed by atoms with E-state index in [1.54, 1.807) is 24.4 Å². The highest BCUT2D eigenvalue weighted by atomic mass is 19.1. The van der Waals surface area contributed by atoms with E-state index in [4.69, 9.17) is 19.4 Å². The molecule has 0 unspecified atom stereocenters. The van der Waals surface area contributed by atoms with Crippen molar-refractivity contribution in [3.05, 3.63) is 71.7 Å². The second kappa shape index (κ2) is 11.1. The van der Waals surface area contributed by atoms with Gasteiger partial charge in [-0.25, -0.2) is 23.7 Å². The third kappa shape index (κ3) is 5.98. The molecule has 0 bridgehead atoms. The highest BCUT2D eigenvalue weighted by Crippen LogP contribution is 2.37. The van der Waals surface area contributed by atoms with Gasteiger partial charge in [-0.2, -0.15) is 4.98 Å². The van der Waals surface area contributed by atoms with Gasteiger partial charge in [0.1, 0.15) is 28.6 Å². The number of benzene rings is 2. The topological polar surface area (TPSA) is 82.4 Å². The number of piperidine rings is 1. The van der Waals surface area contributed by atoms with Gasteiger partial charge in [0.25, 0.3) is 0 Å². The highest BCUT2D eigenvalue weighted by Gasteiger charge is 2.32. The van der Waals surface area contributed by atoms with Gasteiger partial charge >= 0.3 is 12.1 Å². The Hall–Kier alpha value is -4.27. The monoisotopic (exact) mass is 543 g/mol. The maximum absolute atomic E-state index is 13.9. The number of ether oxygens (including phenoxy) is 2. The van der Waals surface area contributed by atoms with Crippen LogP contribution in [0.15, 0.2) is 54.7 Å². The molecule has 0 spiro atoms. The number of nitrogens with zero attached hydrogens (tertiary/aromatic N) is 5. The number of hydrogen-bond acceptors (Lipinski definition) is 7. The first-order chi connectivity index (χ1) is 19.1. The van der Waals surface area contributed by atoms with E-state index in [0.29, 0.717) is 34.3 Å². The fourth-order valence-corrected chi connectivity index (χ4v) is 4.77. The van der Waals surface area contributed by atoms with Gasteiger partial charge < -0.3 is 14.4 Å². The molecule has 1 fully saturated rings. The number of carbonyl (C=O) groups is 1. The predicted molar refractivity (Wildman–Crippen MR) is 152 cm³/mol. The van der Waals surface area contributed by atoms with Crippen LogP contribution in [0.2, 0.25) is 0 Å². The molecule has 208 valence electrons. The highest BCUT2D eigenvalue weighted by molar-refractivity contribution is 5.89. The number of aryl methyl sites for hydroxylation is 2. The molecule has 0 saturated carbocycles. The Balaban J connectivity index is 1.69. The van der Waals surface area contributed by atoms with Crippen LogP contribution in [0.4, 0.5) is 15.1 Å². The summed E-state index contributed by atoms with van der Waals surface area (Å²) in [6.45, 7) is 11.0. The molecule has 2 aromatic heterocycles. The van der Waals surface area contributed by atoms with Crippen LogP contribution < -0.4 is 9.64 Å². The Morgan fingerprint density at radius 1 is 0.950 bits per heavy atom. The van der Waals surface area contributed by atoms with Gasteiger partial charge in [0.15, 0.2) is 0 Å². The van der Waals surface area contributed by atoms with Crippen molar-refractivity contribution in [1.82, 2.24) is 19.5 Å². The van der Waals surface area contributed by atoms with Gasteiger partial charge in [0.05, 0.1) is 5.69 Å². The van der Waals surface area contributed by atoms with Crippen LogP contribution in [0.3, 0.4) is 0 Å². The average Bonchev–Trinajstić information content (AvgIpc) is 3.31. The zero-order chi connectivity index (χ0) is 28.4. The number of anilines is 1. The number of hydrogen-bond donors (Lipinski definition) is 0. The predicted octanol–water partition coefficient (Wildman–Crippen LogP) is 7.33. The lowest BCUT2D eigenvalue weighted by molar-refractivity contribution is 0.0541. The quantitative estimate of drug-likeness (QED) is 0.261. The van der Waals surface area contributed by atoms with E-state index in [0.717, 1.165) is 43.5 Å². The van der Waals surface area contributed by atoms with E-state index in [1.165, 1.54) is 16.7 Å². The zero-order valence-corrected chi connectivity index (χ0v) is 23.6. The second-order valence-corrected chi connectivity index (χ2v) is 11.1. The average molecular weight is 544 g/mol. The molecule has 1 saturated heterocycles. The van der Waals surface area contributed by atoms with Crippen molar-refractivity contribution in [3.63, 3.8) is 0 Å². The van der Waals surface area contributed by atoms with Crippen molar-refractivity contribution in [2.45, 2.75) is 59.5 Å². The molecular weight excluding hydrogens is 509 g/mol.